The van der Waals surface area contributed by atoms with E-state index in [2.05, 4.69) is 5.32 Å². The summed E-state index contributed by atoms with van der Waals surface area (Å²) in [6, 6.07) is 5.43. The van der Waals surface area contributed by atoms with E-state index >= 15 is 0 Å². The molecule has 1 aliphatic carbocycles. The van der Waals surface area contributed by atoms with E-state index in [0.717, 1.165) is 29.7 Å². The van der Waals surface area contributed by atoms with Crippen LogP contribution in [-0.4, -0.2) is 48.3 Å². The number of fused-ring (bicyclic) bond motifs is 1. The monoisotopic (exact) mass is 315 g/mol. The smallest absolute Gasteiger partial charge is 0.325 e. The van der Waals surface area contributed by atoms with Crippen molar-refractivity contribution in [3.8, 4) is 0 Å². The highest BCUT2D eigenvalue weighted by molar-refractivity contribution is 6.09. The van der Waals surface area contributed by atoms with Crippen molar-refractivity contribution < 1.29 is 14.4 Å². The Bertz CT molecular complexity index is 698. The molecule has 1 fully saturated rings. The number of benzene rings is 1. The Balaban J connectivity index is 1.89. The molecule has 0 spiro atoms. The highest BCUT2D eigenvalue weighted by Gasteiger charge is 2.49. The number of likely N-dealkylation sites (N-methyl/N-ethyl adjacent to an activating group) is 1. The van der Waals surface area contributed by atoms with E-state index in [0.29, 0.717) is 0 Å². The van der Waals surface area contributed by atoms with Crippen molar-refractivity contribution in [2.75, 3.05) is 20.6 Å². The standard InChI is InChI=1S/C17H21N3O3/c1-17(13-8-7-11-5-4-6-12(11)9-13)15(22)20(16(23)18-17)10-14(21)19(2)3/h7-9H,4-6,10H2,1-3H3,(H,18,23)/t17-/m0/s1. The molecule has 1 aromatic carbocycles. The number of urea groups is 1. The zero-order valence-corrected chi connectivity index (χ0v) is 13.7. The number of nitrogens with zero attached hydrogens (tertiary/aromatic N) is 2. The van der Waals surface area contributed by atoms with Crippen LogP contribution in [-0.2, 0) is 28.0 Å². The number of amides is 4. The Morgan fingerprint density at radius 2 is 1.96 bits per heavy atom. The molecule has 0 saturated carbocycles. The summed E-state index contributed by atoms with van der Waals surface area (Å²) >= 11 is 0. The molecule has 6 heteroatoms. The van der Waals surface area contributed by atoms with Gasteiger partial charge in [-0.25, -0.2) is 4.79 Å². The number of imide groups is 1. The second kappa shape index (κ2) is 5.37. The summed E-state index contributed by atoms with van der Waals surface area (Å²) in [7, 11) is 3.20. The molecule has 1 aromatic rings. The summed E-state index contributed by atoms with van der Waals surface area (Å²) in [5, 5.41) is 2.75. The maximum atomic E-state index is 12.8. The molecule has 4 amide bonds. The first-order valence-corrected chi connectivity index (χ1v) is 7.79. The van der Waals surface area contributed by atoms with Crippen LogP contribution in [0.25, 0.3) is 0 Å². The van der Waals surface area contributed by atoms with Crippen LogP contribution in [0.4, 0.5) is 4.79 Å². The second-order valence-electron chi connectivity index (χ2n) is 6.57. The molecule has 1 N–H and O–H groups in total. The maximum absolute atomic E-state index is 12.8. The number of carbonyl (C=O) groups excluding carboxylic acids is 3. The van der Waals surface area contributed by atoms with E-state index in [-0.39, 0.29) is 18.4 Å². The van der Waals surface area contributed by atoms with E-state index in [1.54, 1.807) is 21.0 Å². The summed E-state index contributed by atoms with van der Waals surface area (Å²) in [6.07, 6.45) is 3.19. The molecule has 122 valence electrons. The van der Waals surface area contributed by atoms with Gasteiger partial charge in [-0.2, -0.15) is 0 Å². The van der Waals surface area contributed by atoms with Gasteiger partial charge in [-0.15, -0.1) is 0 Å². The fraction of sp³-hybridized carbons (Fsp3) is 0.471. The van der Waals surface area contributed by atoms with E-state index in [1.165, 1.54) is 16.0 Å². The average molecular weight is 315 g/mol. The third-order valence-electron chi connectivity index (χ3n) is 4.74. The molecule has 0 bridgehead atoms. The van der Waals surface area contributed by atoms with Crippen LogP contribution < -0.4 is 5.32 Å². The molecule has 23 heavy (non-hydrogen) atoms. The molecular formula is C17H21N3O3. The predicted molar refractivity (Wildman–Crippen MR) is 84.8 cm³/mol. The minimum Gasteiger partial charge on any atom is -0.347 e. The molecule has 1 aliphatic heterocycles. The molecule has 0 aromatic heterocycles. The molecular weight excluding hydrogens is 294 g/mol. The Morgan fingerprint density at radius 1 is 1.26 bits per heavy atom. The van der Waals surface area contributed by atoms with E-state index in [9.17, 15) is 14.4 Å². The number of hydrogen-bond acceptors (Lipinski definition) is 3. The first kappa shape index (κ1) is 15.5. The summed E-state index contributed by atoms with van der Waals surface area (Å²) in [4.78, 5) is 39.2. The number of nitrogens with one attached hydrogen (secondary N) is 1. The quantitative estimate of drug-likeness (QED) is 0.847. The third-order valence-corrected chi connectivity index (χ3v) is 4.74. The zero-order valence-electron chi connectivity index (χ0n) is 13.7. The van der Waals surface area contributed by atoms with Gasteiger partial charge in [-0.05, 0) is 42.9 Å². The summed E-state index contributed by atoms with van der Waals surface area (Å²) < 4.78 is 0. The highest BCUT2D eigenvalue weighted by Crippen LogP contribution is 2.32. The third kappa shape index (κ3) is 2.48. The van der Waals surface area contributed by atoms with Crippen LogP contribution in [0.2, 0.25) is 0 Å². The van der Waals surface area contributed by atoms with Crippen LogP contribution >= 0.6 is 0 Å². The summed E-state index contributed by atoms with van der Waals surface area (Å²) in [5.41, 5.74) is 2.22. The number of rotatable bonds is 3. The fourth-order valence-electron chi connectivity index (χ4n) is 3.20. The number of hydrogen-bond donors (Lipinski definition) is 1. The van der Waals surface area contributed by atoms with Gasteiger partial charge in [0.2, 0.25) is 5.91 Å². The van der Waals surface area contributed by atoms with Crippen molar-refractivity contribution in [3.63, 3.8) is 0 Å². The van der Waals surface area contributed by atoms with Crippen LogP contribution in [0.5, 0.6) is 0 Å². The lowest BCUT2D eigenvalue weighted by Crippen LogP contribution is -2.43. The van der Waals surface area contributed by atoms with Gasteiger partial charge in [-0.1, -0.05) is 18.2 Å². The van der Waals surface area contributed by atoms with Crippen LogP contribution in [0.15, 0.2) is 18.2 Å². The Labute approximate surface area is 135 Å². The molecule has 1 saturated heterocycles. The van der Waals surface area contributed by atoms with E-state index < -0.39 is 11.6 Å². The zero-order chi connectivity index (χ0) is 16.8. The van der Waals surface area contributed by atoms with Crippen molar-refractivity contribution >= 4 is 17.8 Å². The Morgan fingerprint density at radius 3 is 2.65 bits per heavy atom. The minimum absolute atomic E-state index is 0.238. The van der Waals surface area contributed by atoms with Crippen LogP contribution in [0.3, 0.4) is 0 Å². The normalized spacial score (nSPS) is 23.0. The summed E-state index contributed by atoms with van der Waals surface area (Å²) in [6.45, 7) is 1.46. The van der Waals surface area contributed by atoms with Crippen LogP contribution in [0.1, 0.15) is 30.0 Å². The lowest BCUT2D eigenvalue weighted by molar-refractivity contribution is -0.137. The van der Waals surface area contributed by atoms with Crippen molar-refractivity contribution in [2.24, 2.45) is 0 Å². The largest absolute Gasteiger partial charge is 0.347 e. The maximum Gasteiger partial charge on any atom is 0.325 e. The van der Waals surface area contributed by atoms with Gasteiger partial charge in [0, 0.05) is 14.1 Å². The van der Waals surface area contributed by atoms with Crippen LogP contribution in [0, 0.1) is 0 Å². The molecule has 0 unspecified atom stereocenters. The first-order valence-electron chi connectivity index (χ1n) is 7.79. The van der Waals surface area contributed by atoms with E-state index in [4.69, 9.17) is 0 Å². The predicted octanol–water partition coefficient (Wildman–Crippen LogP) is 1.03. The van der Waals surface area contributed by atoms with Crippen molar-refractivity contribution in [3.05, 3.63) is 34.9 Å². The second-order valence-corrected chi connectivity index (χ2v) is 6.57. The molecule has 1 heterocycles. The Hall–Kier alpha value is -2.37. The molecule has 2 aliphatic rings. The minimum atomic E-state index is -1.11. The lowest BCUT2D eigenvalue weighted by Gasteiger charge is -2.23. The van der Waals surface area contributed by atoms with Gasteiger partial charge >= 0.3 is 6.03 Å². The molecule has 1 atom stereocenters. The van der Waals surface area contributed by atoms with Gasteiger partial charge < -0.3 is 10.2 Å². The van der Waals surface area contributed by atoms with Crippen molar-refractivity contribution in [1.29, 1.82) is 0 Å². The van der Waals surface area contributed by atoms with Gasteiger partial charge in [0.05, 0.1) is 0 Å². The van der Waals surface area contributed by atoms with Crippen molar-refractivity contribution in [1.82, 2.24) is 15.1 Å². The molecule has 3 rings (SSSR count). The Kier molecular flexibility index (Phi) is 3.62. The van der Waals surface area contributed by atoms with Crippen molar-refractivity contribution in [2.45, 2.75) is 31.7 Å². The highest BCUT2D eigenvalue weighted by atomic mass is 16.2. The SMILES string of the molecule is CN(C)C(=O)CN1C(=O)N[C@@](C)(c2ccc3c(c2)CCC3)C1=O. The topological polar surface area (TPSA) is 69.7 Å². The van der Waals surface area contributed by atoms with Gasteiger partial charge in [0.1, 0.15) is 12.1 Å². The number of aryl methyl sites for hydroxylation is 2. The number of carbonyl (C=O) groups is 3. The fourth-order valence-corrected chi connectivity index (χ4v) is 3.20. The molecule has 6 nitrogen and oxygen atoms in total. The average Bonchev–Trinajstić information content (AvgIpc) is 3.05. The van der Waals surface area contributed by atoms with E-state index in [1.807, 2.05) is 18.2 Å². The van der Waals surface area contributed by atoms with Gasteiger partial charge in [0.25, 0.3) is 5.91 Å². The summed E-state index contributed by atoms with van der Waals surface area (Å²) in [5.74, 6) is -0.664. The first-order chi connectivity index (χ1) is 10.8. The van der Waals surface area contributed by atoms with Gasteiger partial charge in [-0.3, -0.25) is 14.5 Å². The van der Waals surface area contributed by atoms with Gasteiger partial charge in [0.15, 0.2) is 0 Å². The molecule has 0 radical (unpaired) electrons. The lowest BCUT2D eigenvalue weighted by atomic mass is 9.89.